The second-order valence-electron chi connectivity index (χ2n) is 5.69. The van der Waals surface area contributed by atoms with Crippen LogP contribution >= 0.6 is 37.9 Å². The Kier molecular flexibility index (Phi) is 32.1. The van der Waals surface area contributed by atoms with E-state index in [1.54, 1.807) is 0 Å². The van der Waals surface area contributed by atoms with Crippen LogP contribution < -0.4 is 0 Å². The maximum absolute atomic E-state index is 9.92. The van der Waals surface area contributed by atoms with Crippen molar-refractivity contribution < 1.29 is 29.7 Å². The van der Waals surface area contributed by atoms with Crippen LogP contribution in [0.3, 0.4) is 0 Å². The number of hydrogen-bond acceptors (Lipinski definition) is 6. The number of rotatable bonds is 9. The lowest BCUT2D eigenvalue weighted by Crippen LogP contribution is -2.05. The molecule has 0 rings (SSSR count). The Morgan fingerprint density at radius 3 is 0.778 bits per heavy atom. The van der Waals surface area contributed by atoms with Gasteiger partial charge in [0.15, 0.2) is 0 Å². The summed E-state index contributed by atoms with van der Waals surface area (Å²) in [4.78, 5) is 29.8. The number of carboxylic acid groups (broad SMARTS) is 3. The number of carboxylic acids is 3. The zero-order valence-electron chi connectivity index (χ0n) is 17.1. The molecular weight excluding hydrogens is 408 g/mol. The number of carbonyl (C=O) groups is 3. The minimum atomic E-state index is -0.771. The van der Waals surface area contributed by atoms with Crippen molar-refractivity contribution in [2.24, 2.45) is 0 Å². The second kappa shape index (κ2) is 25.5. The largest absolute Gasteiger partial charge is 0.481 e. The molecule has 0 aromatic heterocycles. The molecule has 0 aromatic carbocycles. The average Bonchev–Trinajstić information content (AvgIpc) is 2.54. The first-order valence-electron chi connectivity index (χ1n) is 9.10. The molecule has 0 saturated heterocycles. The first-order valence-corrected chi connectivity index (χ1v) is 10.7. The van der Waals surface area contributed by atoms with Crippen LogP contribution in [-0.4, -0.2) is 49.0 Å². The standard InChI is InChI=1S/3C5H10O2S.C3H8/c3*1-2-4(8)3-5(6)7;1-3-2/h3*4,8H,2-3H2,1H3,(H,6,7);3H2,1-2H3. The first kappa shape index (κ1) is 34.0. The van der Waals surface area contributed by atoms with Crippen LogP contribution in [0.1, 0.15) is 79.6 Å². The lowest BCUT2D eigenvalue weighted by atomic mass is 10.2. The van der Waals surface area contributed by atoms with Crippen LogP contribution in [0, 0.1) is 0 Å². The summed E-state index contributed by atoms with van der Waals surface area (Å²) in [5.74, 6) is -2.31. The maximum Gasteiger partial charge on any atom is 0.304 e. The van der Waals surface area contributed by atoms with Crippen molar-refractivity contribution in [3.8, 4) is 0 Å². The third-order valence-electron chi connectivity index (χ3n) is 2.64. The van der Waals surface area contributed by atoms with E-state index < -0.39 is 17.9 Å². The molecule has 0 aromatic rings. The van der Waals surface area contributed by atoms with E-state index in [-0.39, 0.29) is 35.0 Å². The molecule has 0 aliphatic carbocycles. The van der Waals surface area contributed by atoms with Gasteiger partial charge in [-0.1, -0.05) is 41.0 Å². The van der Waals surface area contributed by atoms with Gasteiger partial charge < -0.3 is 15.3 Å². The van der Waals surface area contributed by atoms with Gasteiger partial charge in [0, 0.05) is 15.7 Å². The van der Waals surface area contributed by atoms with Crippen LogP contribution in [0.15, 0.2) is 0 Å². The molecule has 3 N–H and O–H groups in total. The summed E-state index contributed by atoms with van der Waals surface area (Å²) in [6.07, 6.45) is 4.19. The molecule has 164 valence electrons. The summed E-state index contributed by atoms with van der Waals surface area (Å²) in [5, 5.41) is 24.6. The highest BCUT2D eigenvalue weighted by molar-refractivity contribution is 7.81. The fraction of sp³-hybridized carbons (Fsp3) is 0.833. The molecule has 27 heavy (non-hydrogen) atoms. The van der Waals surface area contributed by atoms with E-state index in [0.29, 0.717) is 0 Å². The van der Waals surface area contributed by atoms with E-state index in [1.165, 1.54) is 6.42 Å². The van der Waals surface area contributed by atoms with Crippen molar-refractivity contribution in [1.29, 1.82) is 0 Å². The van der Waals surface area contributed by atoms with E-state index in [9.17, 15) is 14.4 Å². The Hall–Kier alpha value is -0.540. The molecule has 0 amide bonds. The highest BCUT2D eigenvalue weighted by Crippen LogP contribution is 2.05. The Labute approximate surface area is 180 Å². The predicted molar refractivity (Wildman–Crippen MR) is 122 cm³/mol. The van der Waals surface area contributed by atoms with Gasteiger partial charge in [-0.2, -0.15) is 37.9 Å². The minimum absolute atomic E-state index is 0.0208. The van der Waals surface area contributed by atoms with Gasteiger partial charge in [-0.05, 0) is 19.3 Å². The normalized spacial score (nSPS) is 12.4. The van der Waals surface area contributed by atoms with Crippen LogP contribution in [0.2, 0.25) is 0 Å². The van der Waals surface area contributed by atoms with Crippen molar-refractivity contribution in [2.75, 3.05) is 0 Å². The number of thiol groups is 3. The van der Waals surface area contributed by atoms with Crippen molar-refractivity contribution in [3.05, 3.63) is 0 Å². The second-order valence-corrected chi connectivity index (χ2v) is 7.88. The topological polar surface area (TPSA) is 112 Å². The minimum Gasteiger partial charge on any atom is -0.481 e. The maximum atomic E-state index is 9.92. The van der Waals surface area contributed by atoms with Crippen molar-refractivity contribution >= 4 is 55.8 Å². The molecule has 0 fully saturated rings. The van der Waals surface area contributed by atoms with E-state index >= 15 is 0 Å². The highest BCUT2D eigenvalue weighted by Gasteiger charge is 2.05. The van der Waals surface area contributed by atoms with E-state index in [1.807, 2.05) is 20.8 Å². The van der Waals surface area contributed by atoms with Crippen molar-refractivity contribution in [1.82, 2.24) is 0 Å². The van der Waals surface area contributed by atoms with Gasteiger partial charge in [-0.25, -0.2) is 0 Å². The summed E-state index contributed by atoms with van der Waals surface area (Å²) < 4.78 is 0. The Balaban J connectivity index is -0.000000137. The predicted octanol–water partition coefficient (Wildman–Crippen LogP) is 4.92. The van der Waals surface area contributed by atoms with Gasteiger partial charge in [0.05, 0.1) is 19.3 Å². The monoisotopic (exact) mass is 446 g/mol. The zero-order valence-corrected chi connectivity index (χ0v) is 19.8. The highest BCUT2D eigenvalue weighted by atomic mass is 32.1. The van der Waals surface area contributed by atoms with Gasteiger partial charge in [0.1, 0.15) is 0 Å². The summed E-state index contributed by atoms with van der Waals surface area (Å²) in [5.41, 5.74) is 0. The molecule has 0 spiro atoms. The fourth-order valence-corrected chi connectivity index (χ4v) is 1.51. The third-order valence-corrected chi connectivity index (χ3v) is 4.29. The summed E-state index contributed by atoms with van der Waals surface area (Å²) >= 11 is 12.0. The Bertz CT molecular complexity index is 315. The van der Waals surface area contributed by atoms with Gasteiger partial charge in [0.25, 0.3) is 0 Å². The van der Waals surface area contributed by atoms with Crippen LogP contribution in [-0.2, 0) is 14.4 Å². The number of hydrogen-bond donors (Lipinski definition) is 6. The molecular formula is C18H38O6S3. The zero-order chi connectivity index (χ0) is 22.4. The molecule has 3 unspecified atom stereocenters. The van der Waals surface area contributed by atoms with Crippen molar-refractivity contribution in [3.63, 3.8) is 0 Å². The van der Waals surface area contributed by atoms with Gasteiger partial charge >= 0.3 is 17.9 Å². The van der Waals surface area contributed by atoms with Gasteiger partial charge in [-0.15, -0.1) is 0 Å². The summed E-state index contributed by atoms with van der Waals surface area (Å²) in [6, 6.07) is 0. The molecule has 0 bridgehead atoms. The molecule has 0 aliphatic heterocycles. The lowest BCUT2D eigenvalue weighted by Gasteiger charge is -1.99. The SMILES string of the molecule is CCC.CCC(S)CC(=O)O.CCC(S)CC(=O)O.CCC(S)CC(=O)O. The van der Waals surface area contributed by atoms with Gasteiger partial charge in [-0.3, -0.25) is 14.4 Å². The molecule has 6 nitrogen and oxygen atoms in total. The fourth-order valence-electron chi connectivity index (χ4n) is 1.04. The molecule has 0 aliphatic rings. The summed E-state index contributed by atoms with van der Waals surface area (Å²) in [6.45, 7) is 10.0. The van der Waals surface area contributed by atoms with Crippen LogP contribution in [0.5, 0.6) is 0 Å². The quantitative estimate of drug-likeness (QED) is 0.280. The Morgan fingerprint density at radius 2 is 0.741 bits per heavy atom. The third kappa shape index (κ3) is 46.0. The van der Waals surface area contributed by atoms with Crippen LogP contribution in [0.4, 0.5) is 0 Å². The summed E-state index contributed by atoms with van der Waals surface area (Å²) in [7, 11) is 0. The van der Waals surface area contributed by atoms with Crippen LogP contribution in [0.25, 0.3) is 0 Å². The van der Waals surface area contributed by atoms with E-state index in [2.05, 4.69) is 51.7 Å². The molecule has 0 saturated carbocycles. The molecule has 0 radical (unpaired) electrons. The average molecular weight is 447 g/mol. The van der Waals surface area contributed by atoms with Gasteiger partial charge in [0.2, 0.25) is 0 Å². The Morgan fingerprint density at radius 1 is 0.593 bits per heavy atom. The van der Waals surface area contributed by atoms with Crippen molar-refractivity contribution in [2.45, 2.75) is 95.3 Å². The number of aliphatic carboxylic acids is 3. The first-order chi connectivity index (χ1) is 12.4. The molecule has 3 atom stereocenters. The van der Waals surface area contributed by atoms with E-state index in [0.717, 1.165) is 19.3 Å². The molecule has 9 heteroatoms. The lowest BCUT2D eigenvalue weighted by molar-refractivity contribution is -0.138. The van der Waals surface area contributed by atoms with E-state index in [4.69, 9.17) is 15.3 Å². The molecule has 0 heterocycles. The smallest absolute Gasteiger partial charge is 0.304 e.